The van der Waals surface area contributed by atoms with Crippen molar-refractivity contribution in [2.75, 3.05) is 4.90 Å². The van der Waals surface area contributed by atoms with Crippen LogP contribution in [0.4, 0.5) is 10.1 Å². The van der Waals surface area contributed by atoms with Crippen molar-refractivity contribution in [3.8, 4) is 0 Å². The van der Waals surface area contributed by atoms with Gasteiger partial charge in [0.2, 0.25) is 0 Å². The lowest BCUT2D eigenvalue weighted by molar-refractivity contribution is -0.121. The smallest absolute Gasteiger partial charge is 0.301 e. The molecule has 6 heteroatoms. The number of hydrogen-bond donors (Lipinski definition) is 1. The second kappa shape index (κ2) is 5.27. The molecular weight excluding hydrogens is 309 g/mol. The highest BCUT2D eigenvalue weighted by Crippen LogP contribution is 2.32. The molecule has 22 heavy (non-hydrogen) atoms. The summed E-state index contributed by atoms with van der Waals surface area (Å²) in [5, 5.41) is 10.5. The van der Waals surface area contributed by atoms with Gasteiger partial charge in [-0.05, 0) is 42.0 Å². The summed E-state index contributed by atoms with van der Waals surface area (Å²) in [6, 6.07) is 11.0. The highest BCUT2D eigenvalue weighted by atomic mass is 35.5. The number of anilines is 1. The molecule has 1 aliphatic rings. The van der Waals surface area contributed by atoms with Crippen molar-refractivity contribution < 1.29 is 19.1 Å². The van der Waals surface area contributed by atoms with Crippen LogP contribution in [0.1, 0.15) is 5.56 Å². The highest BCUT2D eigenvalue weighted by Gasteiger charge is 2.40. The Morgan fingerprint density at radius 1 is 0.909 bits per heavy atom. The molecular formula is C16H9ClFNO3. The first-order chi connectivity index (χ1) is 10.5. The van der Waals surface area contributed by atoms with E-state index < -0.39 is 23.4 Å². The molecule has 2 aromatic rings. The zero-order valence-electron chi connectivity index (χ0n) is 11.1. The molecule has 0 aromatic heterocycles. The predicted molar refractivity (Wildman–Crippen MR) is 79.9 cm³/mol. The SMILES string of the molecule is O=C1C(O)=C(c2ccc(Cl)cc2)C(=O)N1c1ccc(F)cc1. The number of rotatable bonds is 2. The van der Waals surface area contributed by atoms with Gasteiger partial charge in [0.05, 0.1) is 11.3 Å². The molecule has 2 amide bonds. The monoisotopic (exact) mass is 317 g/mol. The fourth-order valence-corrected chi connectivity index (χ4v) is 2.35. The number of imide groups is 1. The van der Waals surface area contributed by atoms with Crippen molar-refractivity contribution in [2.24, 2.45) is 0 Å². The zero-order valence-corrected chi connectivity index (χ0v) is 11.8. The number of aliphatic hydroxyl groups excluding tert-OH is 1. The third-order valence-electron chi connectivity index (χ3n) is 3.28. The average molecular weight is 318 g/mol. The number of hydrogen-bond acceptors (Lipinski definition) is 3. The molecule has 0 atom stereocenters. The third kappa shape index (κ3) is 2.25. The maximum Gasteiger partial charge on any atom is 0.301 e. The number of carbonyl (C=O) groups excluding carboxylic acids is 2. The summed E-state index contributed by atoms with van der Waals surface area (Å²) in [7, 11) is 0. The van der Waals surface area contributed by atoms with Gasteiger partial charge < -0.3 is 5.11 Å². The summed E-state index contributed by atoms with van der Waals surface area (Å²) in [5.41, 5.74) is 0.461. The van der Waals surface area contributed by atoms with Crippen molar-refractivity contribution in [1.82, 2.24) is 0 Å². The molecule has 0 saturated carbocycles. The quantitative estimate of drug-likeness (QED) is 0.864. The fraction of sp³-hybridized carbons (Fsp3) is 0. The average Bonchev–Trinajstić information content (AvgIpc) is 2.72. The molecule has 0 bridgehead atoms. The maximum atomic E-state index is 13.0. The van der Waals surface area contributed by atoms with Crippen LogP contribution in [-0.4, -0.2) is 16.9 Å². The molecule has 3 rings (SSSR count). The lowest BCUT2D eigenvalue weighted by Crippen LogP contribution is -2.31. The predicted octanol–water partition coefficient (Wildman–Crippen LogP) is 3.32. The lowest BCUT2D eigenvalue weighted by Gasteiger charge is -2.14. The lowest BCUT2D eigenvalue weighted by atomic mass is 10.1. The van der Waals surface area contributed by atoms with E-state index in [1.807, 2.05) is 0 Å². The van der Waals surface area contributed by atoms with Crippen molar-refractivity contribution >= 4 is 34.7 Å². The fourth-order valence-electron chi connectivity index (χ4n) is 2.22. The minimum Gasteiger partial charge on any atom is -0.502 e. The Hall–Kier alpha value is -2.66. The van der Waals surface area contributed by atoms with E-state index in [2.05, 4.69) is 0 Å². The first-order valence-corrected chi connectivity index (χ1v) is 6.70. The summed E-state index contributed by atoms with van der Waals surface area (Å²) in [6.45, 7) is 0. The van der Waals surface area contributed by atoms with Gasteiger partial charge in [-0.1, -0.05) is 23.7 Å². The van der Waals surface area contributed by atoms with E-state index in [0.717, 1.165) is 17.0 Å². The summed E-state index contributed by atoms with van der Waals surface area (Å²) >= 11 is 5.78. The summed E-state index contributed by atoms with van der Waals surface area (Å²) in [6.07, 6.45) is 0. The number of nitrogens with zero attached hydrogens (tertiary/aromatic N) is 1. The normalized spacial score (nSPS) is 14.9. The molecule has 1 heterocycles. The van der Waals surface area contributed by atoms with Gasteiger partial charge in [-0.15, -0.1) is 0 Å². The van der Waals surface area contributed by atoms with Crippen molar-refractivity contribution in [3.63, 3.8) is 0 Å². The van der Waals surface area contributed by atoms with Crippen LogP contribution in [0.3, 0.4) is 0 Å². The van der Waals surface area contributed by atoms with Gasteiger partial charge in [0, 0.05) is 5.02 Å². The summed E-state index contributed by atoms with van der Waals surface area (Å²) in [4.78, 5) is 25.4. The second-order valence-electron chi connectivity index (χ2n) is 4.65. The third-order valence-corrected chi connectivity index (χ3v) is 3.53. The number of carbonyl (C=O) groups is 2. The van der Waals surface area contributed by atoms with Crippen LogP contribution in [0.5, 0.6) is 0 Å². The highest BCUT2D eigenvalue weighted by molar-refractivity contribution is 6.45. The van der Waals surface area contributed by atoms with Gasteiger partial charge >= 0.3 is 5.91 Å². The van der Waals surface area contributed by atoms with Crippen LogP contribution in [0, 0.1) is 5.82 Å². The number of aliphatic hydroxyl groups is 1. The minimum absolute atomic E-state index is 0.106. The van der Waals surface area contributed by atoms with Gasteiger partial charge in [0.1, 0.15) is 5.82 Å². The Kier molecular flexibility index (Phi) is 3.42. The Morgan fingerprint density at radius 3 is 2.09 bits per heavy atom. The molecule has 110 valence electrons. The Balaban J connectivity index is 2.03. The van der Waals surface area contributed by atoms with Crippen LogP contribution in [0.2, 0.25) is 5.02 Å². The second-order valence-corrected chi connectivity index (χ2v) is 5.09. The van der Waals surface area contributed by atoms with E-state index >= 15 is 0 Å². The zero-order chi connectivity index (χ0) is 15.9. The van der Waals surface area contributed by atoms with Crippen LogP contribution in [0.25, 0.3) is 5.57 Å². The standard InChI is InChI=1S/C16H9ClFNO3/c17-10-3-1-9(2-4-10)13-14(20)16(22)19(15(13)21)12-7-5-11(18)6-8-12/h1-8,20H. The molecule has 0 fully saturated rings. The summed E-state index contributed by atoms with van der Waals surface area (Å²) < 4.78 is 13.0. The topological polar surface area (TPSA) is 57.6 Å². The summed E-state index contributed by atoms with van der Waals surface area (Å²) in [5.74, 6) is -2.65. The first kappa shape index (κ1) is 14.3. The number of benzene rings is 2. The van der Waals surface area contributed by atoms with Crippen molar-refractivity contribution in [3.05, 3.63) is 70.7 Å². The van der Waals surface area contributed by atoms with Crippen LogP contribution in [0.15, 0.2) is 54.3 Å². The van der Waals surface area contributed by atoms with Crippen LogP contribution < -0.4 is 4.90 Å². The van der Waals surface area contributed by atoms with E-state index in [1.165, 1.54) is 24.3 Å². The van der Waals surface area contributed by atoms with E-state index in [0.29, 0.717) is 10.6 Å². The van der Waals surface area contributed by atoms with Gasteiger partial charge in [0.15, 0.2) is 5.76 Å². The van der Waals surface area contributed by atoms with Crippen molar-refractivity contribution in [1.29, 1.82) is 0 Å². The van der Waals surface area contributed by atoms with E-state index in [-0.39, 0.29) is 11.3 Å². The molecule has 4 nitrogen and oxygen atoms in total. The first-order valence-electron chi connectivity index (χ1n) is 6.32. The Labute approximate surface area is 130 Å². The van der Waals surface area contributed by atoms with Gasteiger partial charge in [0.25, 0.3) is 5.91 Å². The minimum atomic E-state index is -0.846. The number of halogens is 2. The Morgan fingerprint density at radius 2 is 1.50 bits per heavy atom. The largest absolute Gasteiger partial charge is 0.502 e. The molecule has 1 N–H and O–H groups in total. The van der Waals surface area contributed by atoms with Gasteiger partial charge in [-0.25, -0.2) is 9.29 Å². The van der Waals surface area contributed by atoms with Crippen LogP contribution in [-0.2, 0) is 9.59 Å². The van der Waals surface area contributed by atoms with Crippen LogP contribution >= 0.6 is 11.6 Å². The molecule has 0 radical (unpaired) electrons. The molecule has 0 spiro atoms. The number of amides is 2. The maximum absolute atomic E-state index is 13.0. The van der Waals surface area contributed by atoms with E-state index in [9.17, 15) is 19.1 Å². The van der Waals surface area contributed by atoms with E-state index in [4.69, 9.17) is 11.6 Å². The van der Waals surface area contributed by atoms with Crippen molar-refractivity contribution in [2.45, 2.75) is 0 Å². The molecule has 0 aliphatic carbocycles. The van der Waals surface area contributed by atoms with Gasteiger partial charge in [-0.2, -0.15) is 0 Å². The Bertz CT molecular complexity index is 797. The van der Waals surface area contributed by atoms with Gasteiger partial charge in [-0.3, -0.25) is 9.59 Å². The molecule has 0 unspecified atom stereocenters. The molecule has 2 aromatic carbocycles. The molecule has 1 aliphatic heterocycles. The van der Waals surface area contributed by atoms with E-state index in [1.54, 1.807) is 12.1 Å². The molecule has 0 saturated heterocycles.